The maximum Gasteiger partial charge on any atom is 0.229 e. The van der Waals surface area contributed by atoms with Crippen LogP contribution < -0.4 is 25.6 Å². The van der Waals surface area contributed by atoms with Gasteiger partial charge in [0.2, 0.25) is 5.95 Å². The number of aromatic nitrogens is 2. The number of hydrogen-bond acceptors (Lipinski definition) is 10. The summed E-state index contributed by atoms with van der Waals surface area (Å²) in [5.41, 5.74) is 3.05. The van der Waals surface area contributed by atoms with E-state index < -0.39 is 9.84 Å². The summed E-state index contributed by atoms with van der Waals surface area (Å²) in [7, 11) is -1.78. The highest BCUT2D eigenvalue weighted by Gasteiger charge is 2.31. The van der Waals surface area contributed by atoms with Crippen molar-refractivity contribution in [1.82, 2.24) is 20.2 Å². The molecular formula is C33H41N7O3S. The molecule has 232 valence electrons. The van der Waals surface area contributed by atoms with Gasteiger partial charge in [0, 0.05) is 67.7 Å². The summed E-state index contributed by atoms with van der Waals surface area (Å²) in [5.74, 6) is 1.57. The van der Waals surface area contributed by atoms with Gasteiger partial charge in [0.05, 0.1) is 28.9 Å². The number of anilines is 5. The third kappa shape index (κ3) is 6.45. The van der Waals surface area contributed by atoms with Crippen LogP contribution in [-0.2, 0) is 9.84 Å². The molecule has 0 spiro atoms. The van der Waals surface area contributed by atoms with Crippen LogP contribution in [0.3, 0.4) is 0 Å². The standard InChI is InChI=1S/C33H41N7O3S/c1-22-21-40(23(2)20-34-22)24-15-17-39(18-16-24)25-13-14-28(30(19-25)43-3)37-33-36-27-10-6-5-9-26(27)32(38-33)35-29-11-7-8-12-31(29)44(4,41)42/h5-14,19,22-24,34H,15-18,20-21H2,1-4H3,(H2,35,36,37,38)/t22-,23+/m0/s1. The van der Waals surface area contributed by atoms with Gasteiger partial charge in [-0.05, 0) is 63.1 Å². The fraction of sp³-hybridized carbons (Fsp3) is 0.394. The Morgan fingerprint density at radius 1 is 0.932 bits per heavy atom. The van der Waals surface area contributed by atoms with Gasteiger partial charge in [0.1, 0.15) is 11.6 Å². The molecule has 3 aromatic carbocycles. The number of para-hydroxylation sites is 2. The molecular weight excluding hydrogens is 574 g/mol. The predicted octanol–water partition coefficient (Wildman–Crippen LogP) is 5.18. The van der Waals surface area contributed by atoms with Crippen LogP contribution in [0.4, 0.5) is 28.8 Å². The molecule has 0 aliphatic carbocycles. The average molecular weight is 616 g/mol. The molecule has 2 aliphatic heterocycles. The lowest BCUT2D eigenvalue weighted by atomic mass is 9.98. The predicted molar refractivity (Wildman–Crippen MR) is 178 cm³/mol. The molecule has 3 N–H and O–H groups in total. The van der Waals surface area contributed by atoms with Gasteiger partial charge in [-0.15, -0.1) is 0 Å². The number of methoxy groups -OCH3 is 1. The van der Waals surface area contributed by atoms with E-state index >= 15 is 0 Å². The number of nitrogens with one attached hydrogen (secondary N) is 3. The fourth-order valence-corrected chi connectivity index (χ4v) is 7.21. The van der Waals surface area contributed by atoms with Crippen molar-refractivity contribution in [2.24, 2.45) is 0 Å². The highest BCUT2D eigenvalue weighted by atomic mass is 32.2. The number of sulfone groups is 1. The maximum absolute atomic E-state index is 12.4. The summed E-state index contributed by atoms with van der Waals surface area (Å²) in [4.78, 5) is 14.8. The molecule has 0 radical (unpaired) electrons. The number of fused-ring (bicyclic) bond motifs is 1. The van der Waals surface area contributed by atoms with Crippen molar-refractivity contribution >= 4 is 49.6 Å². The second-order valence-electron chi connectivity index (χ2n) is 11.9. The van der Waals surface area contributed by atoms with E-state index in [1.165, 1.54) is 6.26 Å². The van der Waals surface area contributed by atoms with Crippen LogP contribution >= 0.6 is 0 Å². The number of piperazine rings is 1. The summed E-state index contributed by atoms with van der Waals surface area (Å²) < 4.78 is 30.7. The van der Waals surface area contributed by atoms with Crippen molar-refractivity contribution in [1.29, 1.82) is 0 Å². The molecule has 10 nitrogen and oxygen atoms in total. The number of ether oxygens (including phenoxy) is 1. The molecule has 6 rings (SSSR count). The average Bonchev–Trinajstić information content (AvgIpc) is 3.02. The van der Waals surface area contributed by atoms with Gasteiger partial charge in [-0.25, -0.2) is 13.4 Å². The third-order valence-corrected chi connectivity index (χ3v) is 9.84. The zero-order valence-electron chi connectivity index (χ0n) is 25.7. The van der Waals surface area contributed by atoms with E-state index in [0.29, 0.717) is 41.3 Å². The molecule has 1 aromatic heterocycles. The van der Waals surface area contributed by atoms with E-state index in [4.69, 9.17) is 14.7 Å². The number of hydrogen-bond donors (Lipinski definition) is 3. The van der Waals surface area contributed by atoms with E-state index in [-0.39, 0.29) is 4.90 Å². The van der Waals surface area contributed by atoms with Crippen molar-refractivity contribution in [3.05, 3.63) is 66.7 Å². The number of piperidine rings is 1. The largest absolute Gasteiger partial charge is 0.494 e. The Morgan fingerprint density at radius 2 is 1.68 bits per heavy atom. The molecule has 4 aromatic rings. The summed E-state index contributed by atoms with van der Waals surface area (Å²) in [6, 6.07) is 22.4. The second-order valence-corrected chi connectivity index (χ2v) is 13.9. The first-order chi connectivity index (χ1) is 21.2. The van der Waals surface area contributed by atoms with E-state index in [9.17, 15) is 8.42 Å². The molecule has 0 unspecified atom stereocenters. The first-order valence-corrected chi connectivity index (χ1v) is 17.1. The van der Waals surface area contributed by atoms with E-state index in [0.717, 1.165) is 61.3 Å². The normalized spacial score (nSPS) is 20.0. The second kappa shape index (κ2) is 12.6. The van der Waals surface area contributed by atoms with Gasteiger partial charge in [-0.3, -0.25) is 4.90 Å². The molecule has 2 atom stereocenters. The van der Waals surface area contributed by atoms with Crippen LogP contribution in [0.2, 0.25) is 0 Å². The quantitative estimate of drug-likeness (QED) is 0.245. The van der Waals surface area contributed by atoms with Crippen LogP contribution in [0.25, 0.3) is 10.9 Å². The Balaban J connectivity index is 1.22. The Bertz CT molecular complexity index is 1740. The zero-order valence-corrected chi connectivity index (χ0v) is 26.6. The molecule has 0 amide bonds. The molecule has 11 heteroatoms. The van der Waals surface area contributed by atoms with Crippen LogP contribution in [0, 0.1) is 0 Å². The van der Waals surface area contributed by atoms with Crippen LogP contribution in [0.1, 0.15) is 26.7 Å². The monoisotopic (exact) mass is 615 g/mol. The van der Waals surface area contributed by atoms with Crippen molar-refractivity contribution in [2.45, 2.75) is 49.7 Å². The zero-order chi connectivity index (χ0) is 30.8. The van der Waals surface area contributed by atoms with Crippen molar-refractivity contribution < 1.29 is 13.2 Å². The summed E-state index contributed by atoms with van der Waals surface area (Å²) >= 11 is 0. The van der Waals surface area contributed by atoms with Gasteiger partial charge in [0.15, 0.2) is 9.84 Å². The molecule has 2 aliphatic rings. The van der Waals surface area contributed by atoms with Crippen LogP contribution in [-0.4, -0.2) is 81.0 Å². The first-order valence-electron chi connectivity index (χ1n) is 15.2. The van der Waals surface area contributed by atoms with E-state index in [1.54, 1.807) is 31.4 Å². The van der Waals surface area contributed by atoms with Crippen molar-refractivity contribution in [3.8, 4) is 5.75 Å². The van der Waals surface area contributed by atoms with Crippen molar-refractivity contribution in [2.75, 3.05) is 55.1 Å². The Morgan fingerprint density at radius 3 is 2.45 bits per heavy atom. The highest BCUT2D eigenvalue weighted by Crippen LogP contribution is 2.35. The van der Waals surface area contributed by atoms with Gasteiger partial charge >= 0.3 is 0 Å². The molecule has 0 saturated carbocycles. The fourth-order valence-electron chi connectivity index (χ4n) is 6.36. The smallest absolute Gasteiger partial charge is 0.229 e. The number of nitrogens with zero attached hydrogens (tertiary/aromatic N) is 4. The molecule has 2 fully saturated rings. The lowest BCUT2D eigenvalue weighted by Crippen LogP contribution is -2.59. The topological polar surface area (TPSA) is 112 Å². The van der Waals surface area contributed by atoms with E-state index in [2.05, 4.69) is 51.7 Å². The Hall–Kier alpha value is -3.93. The number of benzene rings is 3. The lowest BCUT2D eigenvalue weighted by Gasteiger charge is -2.46. The Kier molecular flexibility index (Phi) is 8.61. The van der Waals surface area contributed by atoms with Gasteiger partial charge in [-0.1, -0.05) is 24.3 Å². The van der Waals surface area contributed by atoms with Crippen molar-refractivity contribution in [3.63, 3.8) is 0 Å². The highest BCUT2D eigenvalue weighted by molar-refractivity contribution is 7.90. The summed E-state index contributed by atoms with van der Waals surface area (Å²) in [6.45, 7) is 8.77. The van der Waals surface area contributed by atoms with Gasteiger partial charge in [-0.2, -0.15) is 4.98 Å². The first kappa shape index (κ1) is 30.1. The third-order valence-electron chi connectivity index (χ3n) is 8.69. The maximum atomic E-state index is 12.4. The molecule has 2 saturated heterocycles. The summed E-state index contributed by atoms with van der Waals surface area (Å²) in [5, 5.41) is 11.0. The van der Waals surface area contributed by atoms with Crippen LogP contribution in [0.5, 0.6) is 5.75 Å². The minimum absolute atomic E-state index is 0.204. The van der Waals surface area contributed by atoms with Gasteiger partial charge < -0.3 is 25.6 Å². The summed E-state index contributed by atoms with van der Waals surface area (Å²) in [6.07, 6.45) is 3.48. The lowest BCUT2D eigenvalue weighted by molar-refractivity contribution is 0.0809. The Labute approximate surface area is 259 Å². The molecule has 0 bridgehead atoms. The SMILES string of the molecule is COc1cc(N2CCC(N3C[C@H](C)NC[C@H]3C)CC2)ccc1Nc1nc(Nc2ccccc2S(C)(=O)=O)c2ccccc2n1. The minimum atomic E-state index is -3.45. The van der Waals surface area contributed by atoms with Gasteiger partial charge in [0.25, 0.3) is 0 Å². The van der Waals surface area contributed by atoms with E-state index in [1.807, 2.05) is 30.3 Å². The molecule has 3 heterocycles. The van der Waals surface area contributed by atoms with Crippen LogP contribution in [0.15, 0.2) is 71.6 Å². The molecule has 44 heavy (non-hydrogen) atoms. The number of rotatable bonds is 8. The minimum Gasteiger partial charge on any atom is -0.494 e.